The molecule has 0 saturated heterocycles. The van der Waals surface area contributed by atoms with Crippen LogP contribution in [0.5, 0.6) is 0 Å². The number of hydrogen-bond acceptors (Lipinski definition) is 2. The Morgan fingerprint density at radius 2 is 2.21 bits per heavy atom. The normalized spacial score (nSPS) is 15.7. The monoisotopic (exact) mass is 187 g/mol. The quantitative estimate of drug-likeness (QED) is 0.716. The average Bonchev–Trinajstić information content (AvgIpc) is 2.64. The van der Waals surface area contributed by atoms with Crippen molar-refractivity contribution in [2.45, 2.75) is 26.2 Å². The molecule has 2 nitrogen and oxygen atoms in total. The summed E-state index contributed by atoms with van der Waals surface area (Å²) in [6.45, 7) is 3.42. The molecule has 1 atom stereocenters. The molecular weight excluding hydrogens is 174 g/mol. The van der Waals surface area contributed by atoms with Gasteiger partial charge in [0.05, 0.1) is 19.3 Å². The van der Waals surface area contributed by atoms with Crippen LogP contribution in [-0.2, 0) is 18.0 Å². The number of rotatable bonds is 2. The van der Waals surface area contributed by atoms with Gasteiger partial charge in [0.2, 0.25) is 0 Å². The SMILES string of the molecule is C#CC(C)Nc1ccc2c(c1)COC2. The summed E-state index contributed by atoms with van der Waals surface area (Å²) in [5, 5.41) is 3.23. The zero-order valence-electron chi connectivity index (χ0n) is 8.21. The fourth-order valence-electron chi connectivity index (χ4n) is 1.55. The molecule has 14 heavy (non-hydrogen) atoms. The Morgan fingerprint density at radius 3 is 3.00 bits per heavy atom. The largest absolute Gasteiger partial charge is 0.372 e. The summed E-state index contributed by atoms with van der Waals surface area (Å²) in [5.74, 6) is 2.64. The first kappa shape index (κ1) is 9.11. The lowest BCUT2D eigenvalue weighted by atomic mass is 10.1. The molecule has 1 aromatic rings. The van der Waals surface area contributed by atoms with Crippen LogP contribution >= 0.6 is 0 Å². The average molecular weight is 187 g/mol. The van der Waals surface area contributed by atoms with Crippen LogP contribution in [0.15, 0.2) is 18.2 Å². The highest BCUT2D eigenvalue weighted by molar-refractivity contribution is 5.50. The van der Waals surface area contributed by atoms with Crippen molar-refractivity contribution in [3.05, 3.63) is 29.3 Å². The maximum atomic E-state index is 5.33. The molecule has 0 bridgehead atoms. The van der Waals surface area contributed by atoms with Crippen LogP contribution in [0.4, 0.5) is 5.69 Å². The number of hydrogen-bond donors (Lipinski definition) is 1. The van der Waals surface area contributed by atoms with Gasteiger partial charge in [0.1, 0.15) is 0 Å². The molecule has 1 N–H and O–H groups in total. The maximum absolute atomic E-state index is 5.33. The molecule has 1 aliphatic heterocycles. The van der Waals surface area contributed by atoms with E-state index in [2.05, 4.69) is 23.4 Å². The molecule has 0 aromatic heterocycles. The van der Waals surface area contributed by atoms with Crippen LogP contribution in [0.1, 0.15) is 18.1 Å². The van der Waals surface area contributed by atoms with Crippen molar-refractivity contribution < 1.29 is 4.74 Å². The van der Waals surface area contributed by atoms with Gasteiger partial charge < -0.3 is 10.1 Å². The zero-order valence-corrected chi connectivity index (χ0v) is 8.21. The van der Waals surface area contributed by atoms with Gasteiger partial charge in [0.25, 0.3) is 0 Å². The Kier molecular flexibility index (Phi) is 2.43. The number of ether oxygens (including phenoxy) is 1. The van der Waals surface area contributed by atoms with Gasteiger partial charge in [0, 0.05) is 5.69 Å². The Balaban J connectivity index is 2.17. The summed E-state index contributed by atoms with van der Waals surface area (Å²) in [4.78, 5) is 0. The number of nitrogens with one attached hydrogen (secondary N) is 1. The van der Waals surface area contributed by atoms with Gasteiger partial charge in [-0.3, -0.25) is 0 Å². The molecule has 0 spiro atoms. The van der Waals surface area contributed by atoms with Crippen molar-refractivity contribution in [1.82, 2.24) is 0 Å². The lowest BCUT2D eigenvalue weighted by Crippen LogP contribution is -2.11. The van der Waals surface area contributed by atoms with Gasteiger partial charge in [-0.05, 0) is 30.2 Å². The molecule has 0 amide bonds. The molecular formula is C12H13NO. The van der Waals surface area contributed by atoms with Gasteiger partial charge in [-0.1, -0.05) is 12.0 Å². The Morgan fingerprint density at radius 1 is 1.43 bits per heavy atom. The summed E-state index contributed by atoms with van der Waals surface area (Å²) < 4.78 is 5.33. The fourth-order valence-corrected chi connectivity index (χ4v) is 1.55. The minimum absolute atomic E-state index is 0.0652. The highest BCUT2D eigenvalue weighted by atomic mass is 16.5. The number of fused-ring (bicyclic) bond motifs is 1. The van der Waals surface area contributed by atoms with Crippen molar-refractivity contribution in [3.8, 4) is 12.3 Å². The van der Waals surface area contributed by atoms with Crippen LogP contribution in [0.3, 0.4) is 0 Å². The Bertz CT molecular complexity index is 378. The molecule has 0 fully saturated rings. The van der Waals surface area contributed by atoms with Crippen molar-refractivity contribution in [2.75, 3.05) is 5.32 Å². The highest BCUT2D eigenvalue weighted by Crippen LogP contribution is 2.23. The van der Waals surface area contributed by atoms with E-state index in [1.165, 1.54) is 11.1 Å². The Labute approximate surface area is 84.3 Å². The third-order valence-corrected chi connectivity index (χ3v) is 2.35. The van der Waals surface area contributed by atoms with Gasteiger partial charge >= 0.3 is 0 Å². The predicted molar refractivity (Wildman–Crippen MR) is 56.9 cm³/mol. The smallest absolute Gasteiger partial charge is 0.0845 e. The molecule has 0 aliphatic carbocycles. The second-order valence-corrected chi connectivity index (χ2v) is 3.51. The van der Waals surface area contributed by atoms with Gasteiger partial charge in [0.15, 0.2) is 0 Å². The minimum atomic E-state index is 0.0652. The van der Waals surface area contributed by atoms with Gasteiger partial charge in [-0.2, -0.15) is 0 Å². The zero-order chi connectivity index (χ0) is 9.97. The predicted octanol–water partition coefficient (Wildman–Crippen LogP) is 2.15. The first-order valence-electron chi connectivity index (χ1n) is 4.72. The number of terminal acetylenes is 1. The van der Waals surface area contributed by atoms with E-state index in [1.807, 2.05) is 13.0 Å². The molecule has 0 saturated carbocycles. The van der Waals surface area contributed by atoms with E-state index in [0.717, 1.165) is 18.9 Å². The summed E-state index contributed by atoms with van der Waals surface area (Å²) >= 11 is 0. The van der Waals surface area contributed by atoms with E-state index in [-0.39, 0.29) is 6.04 Å². The molecule has 2 rings (SSSR count). The first-order chi connectivity index (χ1) is 6.79. The van der Waals surface area contributed by atoms with Crippen molar-refractivity contribution in [2.24, 2.45) is 0 Å². The topological polar surface area (TPSA) is 21.3 Å². The lowest BCUT2D eigenvalue weighted by Gasteiger charge is -2.10. The van der Waals surface area contributed by atoms with Crippen LogP contribution in [0.25, 0.3) is 0 Å². The summed E-state index contributed by atoms with van der Waals surface area (Å²) in [6.07, 6.45) is 5.30. The van der Waals surface area contributed by atoms with Gasteiger partial charge in [-0.25, -0.2) is 0 Å². The van der Waals surface area contributed by atoms with E-state index in [4.69, 9.17) is 11.2 Å². The first-order valence-corrected chi connectivity index (χ1v) is 4.72. The van der Waals surface area contributed by atoms with Crippen molar-refractivity contribution >= 4 is 5.69 Å². The van der Waals surface area contributed by atoms with Gasteiger partial charge in [-0.15, -0.1) is 6.42 Å². The second-order valence-electron chi connectivity index (χ2n) is 3.51. The van der Waals surface area contributed by atoms with E-state index in [9.17, 15) is 0 Å². The van der Waals surface area contributed by atoms with E-state index in [1.54, 1.807) is 0 Å². The maximum Gasteiger partial charge on any atom is 0.0845 e. The molecule has 1 aliphatic rings. The Hall–Kier alpha value is -1.46. The molecule has 1 heterocycles. The molecule has 1 aromatic carbocycles. The number of anilines is 1. The molecule has 1 unspecified atom stereocenters. The minimum Gasteiger partial charge on any atom is -0.372 e. The van der Waals surface area contributed by atoms with E-state index in [0.29, 0.717) is 0 Å². The van der Waals surface area contributed by atoms with Crippen LogP contribution in [0, 0.1) is 12.3 Å². The van der Waals surface area contributed by atoms with E-state index < -0.39 is 0 Å². The summed E-state index contributed by atoms with van der Waals surface area (Å²) in [6, 6.07) is 6.31. The van der Waals surface area contributed by atoms with Crippen LogP contribution in [0.2, 0.25) is 0 Å². The second kappa shape index (κ2) is 3.73. The lowest BCUT2D eigenvalue weighted by molar-refractivity contribution is 0.134. The van der Waals surface area contributed by atoms with E-state index >= 15 is 0 Å². The molecule has 2 heteroatoms. The third-order valence-electron chi connectivity index (χ3n) is 2.35. The molecule has 72 valence electrons. The van der Waals surface area contributed by atoms with Crippen molar-refractivity contribution in [3.63, 3.8) is 0 Å². The summed E-state index contributed by atoms with van der Waals surface area (Å²) in [5.41, 5.74) is 3.61. The van der Waals surface area contributed by atoms with Crippen LogP contribution < -0.4 is 5.32 Å². The standard InChI is InChI=1S/C12H13NO/c1-3-9(2)13-12-5-4-10-7-14-8-11(10)6-12/h1,4-6,9,13H,7-8H2,2H3. The molecule has 0 radical (unpaired) electrons. The van der Waals surface area contributed by atoms with Crippen molar-refractivity contribution in [1.29, 1.82) is 0 Å². The highest BCUT2D eigenvalue weighted by Gasteiger charge is 2.11. The number of benzene rings is 1. The van der Waals surface area contributed by atoms with Crippen LogP contribution in [-0.4, -0.2) is 6.04 Å². The fraction of sp³-hybridized carbons (Fsp3) is 0.333. The third kappa shape index (κ3) is 1.73. The summed E-state index contributed by atoms with van der Waals surface area (Å²) in [7, 11) is 0.